The molecule has 0 N–H and O–H groups in total. The van der Waals surface area contributed by atoms with Crippen LogP contribution >= 0.6 is 0 Å². The van der Waals surface area contributed by atoms with Gasteiger partial charge in [-0.1, -0.05) is 31.2 Å². The van der Waals surface area contributed by atoms with Gasteiger partial charge in [0.2, 0.25) is 0 Å². The quantitative estimate of drug-likeness (QED) is 0.836. The zero-order valence-electron chi connectivity index (χ0n) is 12.4. The lowest BCUT2D eigenvalue weighted by atomic mass is 9.89. The normalized spacial score (nSPS) is 16.0. The zero-order valence-corrected chi connectivity index (χ0v) is 12.4. The first-order chi connectivity index (χ1) is 10.3. The minimum absolute atomic E-state index is 0.292. The Labute approximate surface area is 124 Å². The second-order valence-corrected chi connectivity index (χ2v) is 4.99. The van der Waals surface area contributed by atoms with Crippen LogP contribution in [0.4, 0.5) is 0 Å². The third-order valence-corrected chi connectivity index (χ3v) is 3.78. The van der Waals surface area contributed by atoms with Crippen molar-refractivity contribution in [3.8, 4) is 28.4 Å². The molecule has 2 aromatic rings. The molecule has 1 aliphatic heterocycles. The van der Waals surface area contributed by atoms with Crippen molar-refractivity contribution < 1.29 is 14.2 Å². The molecular formula is C18H18O3. The molecule has 21 heavy (non-hydrogen) atoms. The van der Waals surface area contributed by atoms with Crippen LogP contribution in [0, 0.1) is 0 Å². The van der Waals surface area contributed by atoms with E-state index < -0.39 is 0 Å². The maximum absolute atomic E-state index is 5.63. The molecule has 0 aromatic heterocycles. The van der Waals surface area contributed by atoms with Gasteiger partial charge in [-0.3, -0.25) is 0 Å². The molecule has 0 saturated heterocycles. The average Bonchev–Trinajstić information content (AvgIpc) is 2.53. The molecule has 1 aliphatic rings. The summed E-state index contributed by atoms with van der Waals surface area (Å²) in [5, 5.41) is 0. The molecule has 1 heterocycles. The molecule has 0 radical (unpaired) electrons. The molecule has 2 aromatic carbocycles. The van der Waals surface area contributed by atoms with Crippen molar-refractivity contribution in [1.82, 2.24) is 0 Å². The van der Waals surface area contributed by atoms with Gasteiger partial charge >= 0.3 is 0 Å². The lowest BCUT2D eigenvalue weighted by Crippen LogP contribution is -2.04. The van der Waals surface area contributed by atoms with E-state index in [0.29, 0.717) is 5.92 Å². The minimum Gasteiger partial charge on any atom is -0.493 e. The van der Waals surface area contributed by atoms with Gasteiger partial charge < -0.3 is 14.2 Å². The molecule has 3 heteroatoms. The highest BCUT2D eigenvalue weighted by molar-refractivity contribution is 5.79. The highest BCUT2D eigenvalue weighted by Crippen LogP contribution is 2.44. The van der Waals surface area contributed by atoms with Crippen molar-refractivity contribution in [2.45, 2.75) is 12.8 Å². The summed E-state index contributed by atoms with van der Waals surface area (Å²) in [6.07, 6.45) is 3.80. The van der Waals surface area contributed by atoms with Crippen LogP contribution in [0.2, 0.25) is 0 Å². The van der Waals surface area contributed by atoms with Gasteiger partial charge in [-0.15, -0.1) is 0 Å². The van der Waals surface area contributed by atoms with E-state index in [1.807, 2.05) is 30.3 Å². The predicted molar refractivity (Wildman–Crippen MR) is 83.2 cm³/mol. The molecule has 3 nitrogen and oxygen atoms in total. The lowest BCUT2D eigenvalue weighted by molar-refractivity contribution is 0.356. The number of allylic oxidation sites excluding steroid dienone is 1. The Morgan fingerprint density at radius 2 is 1.71 bits per heavy atom. The van der Waals surface area contributed by atoms with Crippen LogP contribution in [-0.4, -0.2) is 14.2 Å². The Bertz CT molecular complexity index is 689. The summed E-state index contributed by atoms with van der Waals surface area (Å²) < 4.78 is 16.6. The summed E-state index contributed by atoms with van der Waals surface area (Å²) >= 11 is 0. The lowest BCUT2D eigenvalue weighted by Gasteiger charge is -2.22. The van der Waals surface area contributed by atoms with Crippen molar-refractivity contribution in [3.05, 3.63) is 54.3 Å². The van der Waals surface area contributed by atoms with Crippen LogP contribution in [0.25, 0.3) is 11.1 Å². The second-order valence-electron chi connectivity index (χ2n) is 4.99. The molecule has 0 spiro atoms. The second kappa shape index (κ2) is 5.52. The Kier molecular flexibility index (Phi) is 3.57. The number of hydrogen-bond donors (Lipinski definition) is 0. The Morgan fingerprint density at radius 3 is 2.48 bits per heavy atom. The third-order valence-electron chi connectivity index (χ3n) is 3.78. The Morgan fingerprint density at radius 1 is 0.952 bits per heavy atom. The molecule has 1 unspecified atom stereocenters. The molecular weight excluding hydrogens is 264 g/mol. The summed E-state index contributed by atoms with van der Waals surface area (Å²) in [7, 11) is 3.31. The minimum atomic E-state index is 0.292. The molecule has 0 bridgehead atoms. The van der Waals surface area contributed by atoms with Crippen molar-refractivity contribution in [1.29, 1.82) is 0 Å². The Hall–Kier alpha value is -2.42. The van der Waals surface area contributed by atoms with Crippen molar-refractivity contribution in [3.63, 3.8) is 0 Å². The van der Waals surface area contributed by atoms with Crippen LogP contribution in [-0.2, 0) is 0 Å². The molecule has 108 valence electrons. The van der Waals surface area contributed by atoms with Crippen molar-refractivity contribution in [2.24, 2.45) is 0 Å². The molecule has 0 fully saturated rings. The maximum atomic E-state index is 5.63. The zero-order chi connectivity index (χ0) is 14.8. The standard InChI is InChI=1S/C18H18O3/c1-12-10-11-21-15-8-4-6-13(17(12)15)14-7-5-9-16(19-2)18(14)20-3/h4-12H,1-3H3. The summed E-state index contributed by atoms with van der Waals surface area (Å²) in [5.41, 5.74) is 3.30. The SMILES string of the molecule is COc1cccc(-c2cccc3c2C(C)C=CO3)c1OC. The average molecular weight is 282 g/mol. The van der Waals surface area contributed by atoms with Crippen LogP contribution in [0.3, 0.4) is 0 Å². The third kappa shape index (κ3) is 2.25. The van der Waals surface area contributed by atoms with Gasteiger partial charge in [0.05, 0.1) is 20.5 Å². The molecule has 0 saturated carbocycles. The topological polar surface area (TPSA) is 27.7 Å². The van der Waals surface area contributed by atoms with Crippen molar-refractivity contribution >= 4 is 0 Å². The fraction of sp³-hybridized carbons (Fsp3) is 0.222. The van der Waals surface area contributed by atoms with Gasteiger partial charge in [0.15, 0.2) is 11.5 Å². The monoisotopic (exact) mass is 282 g/mol. The number of ether oxygens (including phenoxy) is 3. The van der Waals surface area contributed by atoms with E-state index in [0.717, 1.165) is 28.4 Å². The van der Waals surface area contributed by atoms with E-state index in [4.69, 9.17) is 14.2 Å². The number of methoxy groups -OCH3 is 2. The first-order valence-electron chi connectivity index (χ1n) is 6.94. The first-order valence-corrected chi connectivity index (χ1v) is 6.94. The van der Waals surface area contributed by atoms with E-state index in [-0.39, 0.29) is 0 Å². The fourth-order valence-corrected chi connectivity index (χ4v) is 2.78. The summed E-state index contributed by atoms with van der Waals surface area (Å²) in [4.78, 5) is 0. The number of hydrogen-bond acceptors (Lipinski definition) is 3. The number of rotatable bonds is 3. The van der Waals surface area contributed by atoms with E-state index in [1.165, 1.54) is 5.56 Å². The largest absolute Gasteiger partial charge is 0.493 e. The predicted octanol–water partition coefficient (Wildman–Crippen LogP) is 4.38. The molecule has 1 atom stereocenters. The number of benzene rings is 2. The van der Waals surface area contributed by atoms with E-state index in [1.54, 1.807) is 20.5 Å². The summed E-state index contributed by atoms with van der Waals surface area (Å²) in [6, 6.07) is 12.0. The first kappa shape index (κ1) is 13.6. The molecule has 0 amide bonds. The highest BCUT2D eigenvalue weighted by Gasteiger charge is 2.21. The summed E-state index contributed by atoms with van der Waals surface area (Å²) in [6.45, 7) is 2.16. The van der Waals surface area contributed by atoms with E-state index in [2.05, 4.69) is 19.1 Å². The van der Waals surface area contributed by atoms with Gasteiger partial charge in [-0.2, -0.15) is 0 Å². The van der Waals surface area contributed by atoms with E-state index in [9.17, 15) is 0 Å². The highest BCUT2D eigenvalue weighted by atomic mass is 16.5. The fourth-order valence-electron chi connectivity index (χ4n) is 2.78. The van der Waals surface area contributed by atoms with Gasteiger partial charge in [-0.25, -0.2) is 0 Å². The van der Waals surface area contributed by atoms with Crippen LogP contribution < -0.4 is 14.2 Å². The van der Waals surface area contributed by atoms with Crippen LogP contribution in [0.15, 0.2) is 48.7 Å². The van der Waals surface area contributed by atoms with Crippen LogP contribution in [0.5, 0.6) is 17.2 Å². The number of fused-ring (bicyclic) bond motifs is 1. The van der Waals surface area contributed by atoms with Gasteiger partial charge in [-0.05, 0) is 23.8 Å². The molecule has 0 aliphatic carbocycles. The Balaban J connectivity index is 2.24. The maximum Gasteiger partial charge on any atom is 0.168 e. The van der Waals surface area contributed by atoms with Gasteiger partial charge in [0.1, 0.15) is 5.75 Å². The van der Waals surface area contributed by atoms with E-state index >= 15 is 0 Å². The number of para-hydroxylation sites is 1. The summed E-state index contributed by atoms with van der Waals surface area (Å²) in [5.74, 6) is 2.66. The van der Waals surface area contributed by atoms with Gasteiger partial charge in [0, 0.05) is 17.0 Å². The van der Waals surface area contributed by atoms with Gasteiger partial charge in [0.25, 0.3) is 0 Å². The van der Waals surface area contributed by atoms with Crippen LogP contribution in [0.1, 0.15) is 18.4 Å². The smallest absolute Gasteiger partial charge is 0.168 e. The molecule has 3 rings (SSSR count). The van der Waals surface area contributed by atoms with Crippen molar-refractivity contribution in [2.75, 3.05) is 14.2 Å².